The first-order valence-electron chi connectivity index (χ1n) is 7.03. The van der Waals surface area contributed by atoms with Crippen LogP contribution in [0.15, 0.2) is 0 Å². The van der Waals surface area contributed by atoms with E-state index in [2.05, 4.69) is 12.2 Å². The van der Waals surface area contributed by atoms with Gasteiger partial charge in [-0.3, -0.25) is 0 Å². The van der Waals surface area contributed by atoms with Crippen LogP contribution < -0.4 is 5.32 Å². The number of rotatable bonds is 8. The molecule has 17 heavy (non-hydrogen) atoms. The Morgan fingerprint density at radius 3 is 2.65 bits per heavy atom. The summed E-state index contributed by atoms with van der Waals surface area (Å²) in [5.74, 6) is 1.36. The quantitative estimate of drug-likeness (QED) is 0.729. The van der Waals surface area contributed by atoms with Gasteiger partial charge in [0.25, 0.3) is 0 Å². The van der Waals surface area contributed by atoms with Crippen LogP contribution in [0.25, 0.3) is 0 Å². The van der Waals surface area contributed by atoms with E-state index in [0.717, 1.165) is 19.4 Å². The first-order chi connectivity index (χ1) is 8.09. The zero-order chi connectivity index (χ0) is 12.7. The Labute approximate surface area is 106 Å². The lowest BCUT2D eigenvalue weighted by atomic mass is 9.98. The van der Waals surface area contributed by atoms with Gasteiger partial charge in [0.1, 0.15) is 9.84 Å². The monoisotopic (exact) mass is 261 g/mol. The maximum Gasteiger partial charge on any atom is 0.150 e. The van der Waals surface area contributed by atoms with E-state index in [0.29, 0.717) is 17.7 Å². The summed E-state index contributed by atoms with van der Waals surface area (Å²) in [5.41, 5.74) is 0. The summed E-state index contributed by atoms with van der Waals surface area (Å²) in [5, 5.41) is 3.59. The molecule has 1 saturated carbocycles. The van der Waals surface area contributed by atoms with Crippen LogP contribution in [0.5, 0.6) is 0 Å². The molecule has 0 bridgehead atoms. The number of sulfone groups is 1. The SMILES string of the molecule is CCCNC1CCCC1CCCS(=O)(=O)CC. The van der Waals surface area contributed by atoms with Crippen molar-refractivity contribution in [1.82, 2.24) is 5.32 Å². The standard InChI is InChI=1S/C13H27NO2S/c1-3-10-14-13-9-5-7-12(13)8-6-11-17(15,16)4-2/h12-14H,3-11H2,1-2H3. The minimum atomic E-state index is -2.77. The van der Waals surface area contributed by atoms with Crippen LogP contribution in [-0.4, -0.2) is 32.5 Å². The molecule has 1 N–H and O–H groups in total. The lowest BCUT2D eigenvalue weighted by Gasteiger charge is -2.20. The molecule has 0 aliphatic heterocycles. The molecule has 0 heterocycles. The molecule has 4 heteroatoms. The van der Waals surface area contributed by atoms with E-state index >= 15 is 0 Å². The summed E-state index contributed by atoms with van der Waals surface area (Å²) in [6, 6.07) is 0.638. The van der Waals surface area contributed by atoms with Crippen LogP contribution in [0.3, 0.4) is 0 Å². The Balaban J connectivity index is 2.26. The first kappa shape index (κ1) is 15.0. The van der Waals surface area contributed by atoms with Crippen LogP contribution in [-0.2, 0) is 9.84 Å². The minimum absolute atomic E-state index is 0.287. The summed E-state index contributed by atoms with van der Waals surface area (Å²) in [7, 11) is -2.77. The van der Waals surface area contributed by atoms with Crippen molar-refractivity contribution in [3.63, 3.8) is 0 Å². The van der Waals surface area contributed by atoms with Gasteiger partial charge in [0.15, 0.2) is 0 Å². The highest BCUT2D eigenvalue weighted by Gasteiger charge is 2.26. The second-order valence-electron chi connectivity index (χ2n) is 5.13. The van der Waals surface area contributed by atoms with E-state index in [9.17, 15) is 8.42 Å². The topological polar surface area (TPSA) is 46.2 Å². The van der Waals surface area contributed by atoms with E-state index in [-0.39, 0.29) is 5.75 Å². The van der Waals surface area contributed by atoms with Crippen molar-refractivity contribution >= 4 is 9.84 Å². The molecule has 102 valence electrons. The first-order valence-corrected chi connectivity index (χ1v) is 8.85. The maximum atomic E-state index is 11.4. The fourth-order valence-corrected chi connectivity index (χ4v) is 3.59. The highest BCUT2D eigenvalue weighted by Crippen LogP contribution is 2.29. The van der Waals surface area contributed by atoms with Gasteiger partial charge < -0.3 is 5.32 Å². The molecule has 3 nitrogen and oxygen atoms in total. The van der Waals surface area contributed by atoms with E-state index in [4.69, 9.17) is 0 Å². The van der Waals surface area contributed by atoms with Gasteiger partial charge in [-0.25, -0.2) is 8.42 Å². The molecule has 0 aromatic heterocycles. The smallest absolute Gasteiger partial charge is 0.150 e. The Bertz CT molecular complexity index is 301. The summed E-state index contributed by atoms with van der Waals surface area (Å²) < 4.78 is 22.8. The third-order valence-electron chi connectivity index (χ3n) is 3.79. The van der Waals surface area contributed by atoms with E-state index in [1.807, 2.05) is 0 Å². The lowest BCUT2D eigenvalue weighted by Crippen LogP contribution is -2.33. The minimum Gasteiger partial charge on any atom is -0.314 e. The Hall–Kier alpha value is -0.0900. The summed E-state index contributed by atoms with van der Waals surface area (Å²) in [6.45, 7) is 5.01. The van der Waals surface area contributed by atoms with Crippen LogP contribution in [0.2, 0.25) is 0 Å². The molecular formula is C13H27NO2S. The normalized spacial score (nSPS) is 25.3. The molecule has 0 saturated heterocycles. The molecule has 0 aromatic rings. The van der Waals surface area contributed by atoms with Gasteiger partial charge in [-0.15, -0.1) is 0 Å². The molecule has 2 unspecified atom stereocenters. The van der Waals surface area contributed by atoms with Gasteiger partial charge in [0.2, 0.25) is 0 Å². The summed E-state index contributed by atoms with van der Waals surface area (Å²) in [4.78, 5) is 0. The molecule has 1 aliphatic carbocycles. The van der Waals surface area contributed by atoms with Crippen LogP contribution >= 0.6 is 0 Å². The average Bonchev–Trinajstić information content (AvgIpc) is 2.74. The molecule has 1 rings (SSSR count). The maximum absolute atomic E-state index is 11.4. The van der Waals surface area contributed by atoms with Crippen molar-refractivity contribution < 1.29 is 8.42 Å². The molecule has 0 radical (unpaired) electrons. The number of hydrogen-bond donors (Lipinski definition) is 1. The Morgan fingerprint density at radius 2 is 2.00 bits per heavy atom. The molecule has 0 spiro atoms. The van der Waals surface area contributed by atoms with Crippen molar-refractivity contribution in [2.75, 3.05) is 18.1 Å². The third-order valence-corrected chi connectivity index (χ3v) is 5.58. The zero-order valence-corrected chi connectivity index (χ0v) is 12.1. The Morgan fingerprint density at radius 1 is 1.24 bits per heavy atom. The van der Waals surface area contributed by atoms with Crippen LogP contribution in [0.1, 0.15) is 52.4 Å². The lowest BCUT2D eigenvalue weighted by molar-refractivity contribution is 0.377. The number of hydrogen-bond acceptors (Lipinski definition) is 3. The molecular weight excluding hydrogens is 234 g/mol. The average molecular weight is 261 g/mol. The van der Waals surface area contributed by atoms with E-state index < -0.39 is 9.84 Å². The van der Waals surface area contributed by atoms with Gasteiger partial charge >= 0.3 is 0 Å². The van der Waals surface area contributed by atoms with Gasteiger partial charge in [-0.2, -0.15) is 0 Å². The molecule has 0 aromatic carbocycles. The fourth-order valence-electron chi connectivity index (χ4n) is 2.69. The highest BCUT2D eigenvalue weighted by molar-refractivity contribution is 7.91. The van der Waals surface area contributed by atoms with Gasteiger partial charge in [-0.1, -0.05) is 20.3 Å². The van der Waals surface area contributed by atoms with E-state index in [1.165, 1.54) is 25.7 Å². The van der Waals surface area contributed by atoms with Crippen molar-refractivity contribution in [2.45, 2.75) is 58.4 Å². The summed E-state index contributed by atoms with van der Waals surface area (Å²) >= 11 is 0. The van der Waals surface area contributed by atoms with Crippen molar-refractivity contribution in [3.05, 3.63) is 0 Å². The van der Waals surface area contributed by atoms with Crippen LogP contribution in [0, 0.1) is 5.92 Å². The van der Waals surface area contributed by atoms with Gasteiger partial charge in [-0.05, 0) is 44.6 Å². The van der Waals surface area contributed by atoms with E-state index in [1.54, 1.807) is 6.92 Å². The Kier molecular flexibility index (Phi) is 6.49. The third kappa shape index (κ3) is 5.38. The number of nitrogens with one attached hydrogen (secondary N) is 1. The molecule has 0 amide bonds. The fraction of sp³-hybridized carbons (Fsp3) is 1.00. The molecule has 2 atom stereocenters. The predicted molar refractivity (Wildman–Crippen MR) is 73.0 cm³/mol. The van der Waals surface area contributed by atoms with Crippen molar-refractivity contribution in [2.24, 2.45) is 5.92 Å². The second-order valence-corrected chi connectivity index (χ2v) is 7.60. The van der Waals surface area contributed by atoms with Crippen LogP contribution in [0.4, 0.5) is 0 Å². The van der Waals surface area contributed by atoms with Gasteiger partial charge in [0.05, 0.1) is 5.75 Å². The summed E-state index contributed by atoms with van der Waals surface area (Å²) in [6.07, 6.45) is 6.92. The van der Waals surface area contributed by atoms with Gasteiger partial charge in [0, 0.05) is 11.8 Å². The molecule has 1 aliphatic rings. The van der Waals surface area contributed by atoms with Crippen molar-refractivity contribution in [1.29, 1.82) is 0 Å². The van der Waals surface area contributed by atoms with Crippen molar-refractivity contribution in [3.8, 4) is 0 Å². The highest BCUT2D eigenvalue weighted by atomic mass is 32.2. The molecule has 1 fully saturated rings. The largest absolute Gasteiger partial charge is 0.314 e. The predicted octanol–water partition coefficient (Wildman–Crippen LogP) is 2.37. The second kappa shape index (κ2) is 7.37. The zero-order valence-electron chi connectivity index (χ0n) is 11.2.